The summed E-state index contributed by atoms with van der Waals surface area (Å²) in [6.07, 6.45) is 6.13. The zero-order chi connectivity index (χ0) is 21.4. The Morgan fingerprint density at radius 3 is 2.47 bits per heavy atom. The molecule has 3 aromatic rings. The van der Waals surface area contributed by atoms with Crippen molar-refractivity contribution < 1.29 is 9.59 Å². The molecule has 3 heterocycles. The van der Waals surface area contributed by atoms with Crippen LogP contribution in [-0.2, 0) is 16.6 Å². The van der Waals surface area contributed by atoms with Crippen LogP contribution in [0.5, 0.6) is 0 Å². The Morgan fingerprint density at radius 1 is 1.07 bits per heavy atom. The van der Waals surface area contributed by atoms with Crippen molar-refractivity contribution in [3.05, 3.63) is 73.3 Å². The summed E-state index contributed by atoms with van der Waals surface area (Å²) in [6, 6.07) is 14.5. The fourth-order valence-electron chi connectivity index (χ4n) is 3.52. The summed E-state index contributed by atoms with van der Waals surface area (Å²) >= 11 is 3.69. The monoisotopic (exact) mass is 528 g/mol. The van der Waals surface area contributed by atoms with Crippen LogP contribution in [-0.4, -0.2) is 27.8 Å². The van der Waals surface area contributed by atoms with E-state index in [9.17, 15) is 9.59 Å². The molecule has 152 valence electrons. The summed E-state index contributed by atoms with van der Waals surface area (Å²) in [5.74, 6) is -0.423. The Labute approximate surface area is 193 Å². The quantitative estimate of drug-likeness (QED) is 0.241. The molecule has 0 atom stereocenters. The second kappa shape index (κ2) is 8.35. The molecular formula is C24H21IN2O2S. The van der Waals surface area contributed by atoms with E-state index in [1.54, 1.807) is 11.3 Å². The number of imide groups is 1. The SMILES string of the molecule is CCN1C(=O)C(I)=C(C)/C(=C/c2cc3c(cc(/C=C/c4ccccc4)n3C)s2)C1=O. The number of nitrogens with zero attached hydrogens (tertiary/aromatic N) is 2. The highest BCUT2D eigenvalue weighted by atomic mass is 127. The first-order chi connectivity index (χ1) is 14.4. The number of amides is 2. The zero-order valence-electron chi connectivity index (χ0n) is 17.0. The Hall–Kier alpha value is -2.45. The number of hydrogen-bond donors (Lipinski definition) is 0. The van der Waals surface area contributed by atoms with Crippen LogP contribution < -0.4 is 0 Å². The van der Waals surface area contributed by atoms with Crippen molar-refractivity contribution in [1.29, 1.82) is 0 Å². The van der Waals surface area contributed by atoms with Crippen LogP contribution >= 0.6 is 33.9 Å². The number of likely N-dealkylation sites (N-methyl/N-ethyl adjacent to an activating group) is 1. The number of fused-ring (bicyclic) bond motifs is 1. The fraction of sp³-hybridized carbons (Fsp3) is 0.167. The molecule has 0 fully saturated rings. The molecule has 0 spiro atoms. The van der Waals surface area contributed by atoms with Crippen LogP contribution in [0.25, 0.3) is 28.4 Å². The number of thiophene rings is 1. The lowest BCUT2D eigenvalue weighted by Gasteiger charge is -2.26. The van der Waals surface area contributed by atoms with Crippen LogP contribution in [0.15, 0.2) is 57.2 Å². The average molecular weight is 528 g/mol. The van der Waals surface area contributed by atoms with E-state index in [0.717, 1.165) is 27.2 Å². The van der Waals surface area contributed by atoms with Crippen molar-refractivity contribution in [3.8, 4) is 0 Å². The lowest BCUT2D eigenvalue weighted by atomic mass is 10.0. The lowest BCUT2D eigenvalue weighted by molar-refractivity contribution is -0.139. The molecule has 6 heteroatoms. The van der Waals surface area contributed by atoms with Gasteiger partial charge in [-0.2, -0.15) is 0 Å². The molecule has 0 saturated carbocycles. The van der Waals surface area contributed by atoms with E-state index in [1.165, 1.54) is 9.60 Å². The highest BCUT2D eigenvalue weighted by Gasteiger charge is 2.33. The number of aryl methyl sites for hydroxylation is 1. The molecule has 0 radical (unpaired) electrons. The predicted molar refractivity (Wildman–Crippen MR) is 133 cm³/mol. The molecule has 2 aromatic heterocycles. The van der Waals surface area contributed by atoms with E-state index < -0.39 is 0 Å². The first-order valence-corrected chi connectivity index (χ1v) is 11.6. The minimum absolute atomic E-state index is 0.205. The molecular weight excluding hydrogens is 507 g/mol. The van der Waals surface area contributed by atoms with Gasteiger partial charge in [-0.15, -0.1) is 11.3 Å². The number of carbonyl (C=O) groups excluding carboxylic acids is 2. The first-order valence-electron chi connectivity index (χ1n) is 9.67. The normalized spacial score (nSPS) is 16.7. The van der Waals surface area contributed by atoms with E-state index in [0.29, 0.717) is 15.7 Å². The summed E-state index contributed by atoms with van der Waals surface area (Å²) in [4.78, 5) is 27.4. The average Bonchev–Trinajstić information content (AvgIpc) is 3.27. The molecule has 0 saturated heterocycles. The van der Waals surface area contributed by atoms with Gasteiger partial charge in [0, 0.05) is 29.7 Å². The molecule has 0 aliphatic carbocycles. The highest BCUT2D eigenvalue weighted by molar-refractivity contribution is 14.1. The van der Waals surface area contributed by atoms with E-state index in [2.05, 4.69) is 41.0 Å². The smallest absolute Gasteiger partial charge is 0.267 e. The maximum atomic E-state index is 12.8. The third-order valence-corrected chi connectivity index (χ3v) is 7.57. The molecule has 0 unspecified atom stereocenters. The molecule has 0 bridgehead atoms. The van der Waals surface area contributed by atoms with Gasteiger partial charge in [0.2, 0.25) is 0 Å². The Morgan fingerprint density at radius 2 is 1.80 bits per heavy atom. The van der Waals surface area contributed by atoms with Gasteiger partial charge in [-0.3, -0.25) is 14.5 Å². The summed E-state index contributed by atoms with van der Waals surface area (Å²) in [5, 5.41) is 0. The zero-order valence-corrected chi connectivity index (χ0v) is 20.0. The summed E-state index contributed by atoms with van der Waals surface area (Å²) < 4.78 is 3.93. The van der Waals surface area contributed by atoms with E-state index in [1.807, 2.05) is 67.8 Å². The summed E-state index contributed by atoms with van der Waals surface area (Å²) in [6.45, 7) is 4.04. The van der Waals surface area contributed by atoms with Crippen LogP contribution in [0.4, 0.5) is 0 Å². The van der Waals surface area contributed by atoms with Gasteiger partial charge >= 0.3 is 0 Å². The van der Waals surface area contributed by atoms with Crippen molar-refractivity contribution in [2.45, 2.75) is 13.8 Å². The van der Waals surface area contributed by atoms with Crippen LogP contribution in [0.2, 0.25) is 0 Å². The molecule has 1 aliphatic rings. The third kappa shape index (κ3) is 3.70. The second-order valence-electron chi connectivity index (χ2n) is 7.12. The number of halogens is 1. The van der Waals surface area contributed by atoms with E-state index in [-0.39, 0.29) is 11.8 Å². The van der Waals surface area contributed by atoms with Gasteiger partial charge in [-0.25, -0.2) is 0 Å². The second-order valence-corrected chi connectivity index (χ2v) is 9.32. The largest absolute Gasteiger partial charge is 0.343 e. The van der Waals surface area contributed by atoms with Crippen LogP contribution in [0, 0.1) is 0 Å². The molecule has 4 rings (SSSR count). The molecule has 1 aromatic carbocycles. The van der Waals surface area contributed by atoms with Crippen LogP contribution in [0.1, 0.15) is 30.0 Å². The first kappa shape index (κ1) is 20.8. The van der Waals surface area contributed by atoms with Gasteiger partial charge in [-0.05, 0) is 71.9 Å². The summed E-state index contributed by atoms with van der Waals surface area (Å²) in [7, 11) is 2.05. The number of rotatable bonds is 4. The van der Waals surface area contributed by atoms with Gasteiger partial charge in [0.05, 0.1) is 13.8 Å². The fourth-order valence-corrected chi connectivity index (χ4v) is 5.18. The van der Waals surface area contributed by atoms with Gasteiger partial charge in [0.1, 0.15) is 0 Å². The van der Waals surface area contributed by atoms with Crippen LogP contribution in [0.3, 0.4) is 0 Å². The number of aromatic nitrogens is 1. The Balaban J connectivity index is 1.69. The molecule has 1 aliphatic heterocycles. The van der Waals surface area contributed by atoms with E-state index in [4.69, 9.17) is 0 Å². The van der Waals surface area contributed by atoms with Gasteiger partial charge < -0.3 is 4.57 Å². The minimum Gasteiger partial charge on any atom is -0.343 e. The maximum absolute atomic E-state index is 12.8. The van der Waals surface area contributed by atoms with E-state index >= 15 is 0 Å². The van der Waals surface area contributed by atoms with Gasteiger partial charge in [0.15, 0.2) is 0 Å². The highest BCUT2D eigenvalue weighted by Crippen LogP contribution is 2.34. The van der Waals surface area contributed by atoms with Crippen molar-refractivity contribution >= 4 is 74.2 Å². The molecule has 2 amide bonds. The van der Waals surface area contributed by atoms with Gasteiger partial charge in [-0.1, -0.05) is 36.4 Å². The Kier molecular flexibility index (Phi) is 5.79. The lowest BCUT2D eigenvalue weighted by Crippen LogP contribution is -2.41. The summed E-state index contributed by atoms with van der Waals surface area (Å²) in [5.41, 5.74) is 4.76. The number of benzene rings is 1. The molecule has 4 nitrogen and oxygen atoms in total. The van der Waals surface area contributed by atoms with Crippen molar-refractivity contribution in [1.82, 2.24) is 9.47 Å². The number of hydrogen-bond acceptors (Lipinski definition) is 3. The van der Waals surface area contributed by atoms with Crippen molar-refractivity contribution in [3.63, 3.8) is 0 Å². The topological polar surface area (TPSA) is 42.3 Å². The van der Waals surface area contributed by atoms with Crippen molar-refractivity contribution in [2.75, 3.05) is 6.54 Å². The predicted octanol–water partition coefficient (Wildman–Crippen LogP) is 5.89. The molecule has 0 N–H and O–H groups in total. The Bertz CT molecular complexity index is 1240. The van der Waals surface area contributed by atoms with Gasteiger partial charge in [0.25, 0.3) is 11.8 Å². The third-order valence-electron chi connectivity index (χ3n) is 5.28. The van der Waals surface area contributed by atoms with Crippen molar-refractivity contribution in [2.24, 2.45) is 7.05 Å². The standard InChI is InChI=1S/C24H21IN2O2S/c1-4-27-23(28)19(15(2)22(25)24(27)29)13-18-14-20-21(30-18)12-17(26(20)3)11-10-16-8-6-5-7-9-16/h5-14H,4H2,1-3H3/b11-10+,19-13-. The number of carbonyl (C=O) groups is 2. The minimum atomic E-state index is -0.218. The molecule has 30 heavy (non-hydrogen) atoms. The maximum Gasteiger partial charge on any atom is 0.267 e.